The summed E-state index contributed by atoms with van der Waals surface area (Å²) in [6, 6.07) is 5.40. The molecule has 0 saturated heterocycles. The minimum Gasteiger partial charge on any atom is -0.392 e. The summed E-state index contributed by atoms with van der Waals surface area (Å²) < 4.78 is 58.1. The summed E-state index contributed by atoms with van der Waals surface area (Å²) in [5.74, 6) is 0.216. The molecule has 0 heterocycles. The Bertz CT molecular complexity index is 1100. The number of hydrogen-bond acceptors (Lipinski definition) is 5. The van der Waals surface area contributed by atoms with Crippen molar-refractivity contribution in [1.82, 2.24) is 9.44 Å². The van der Waals surface area contributed by atoms with Gasteiger partial charge in [-0.1, -0.05) is 51.5 Å². The molecule has 5 atom stereocenters. The monoisotopic (exact) mass is 496 g/mol. The van der Waals surface area contributed by atoms with Crippen LogP contribution in [0.1, 0.15) is 64.4 Å². The molecule has 3 aliphatic rings. The molecule has 0 aliphatic heterocycles. The number of nitrogens with one attached hydrogen (secondary N) is 2. The van der Waals surface area contributed by atoms with Gasteiger partial charge in [-0.05, 0) is 61.1 Å². The Hall–Kier alpha value is -1.26. The third-order valence-electron chi connectivity index (χ3n) is 8.67. The predicted octanol–water partition coefficient (Wildman–Crippen LogP) is 3.03. The highest BCUT2D eigenvalue weighted by Crippen LogP contribution is 2.66. The summed E-state index contributed by atoms with van der Waals surface area (Å²) in [7, 11) is -7.52. The van der Waals surface area contributed by atoms with Crippen molar-refractivity contribution in [1.29, 1.82) is 0 Å². The van der Waals surface area contributed by atoms with E-state index in [1.807, 2.05) is 0 Å². The Morgan fingerprint density at radius 3 is 2.15 bits per heavy atom. The zero-order valence-electron chi connectivity index (χ0n) is 19.5. The van der Waals surface area contributed by atoms with Crippen LogP contribution in [0.5, 0.6) is 0 Å². The maximum Gasteiger partial charge on any atom is 0.240 e. The highest BCUT2D eigenvalue weighted by molar-refractivity contribution is 7.89. The number of hydrogen-bond donors (Lipinski definition) is 3. The average Bonchev–Trinajstić information content (AvgIpc) is 3.09. The summed E-state index contributed by atoms with van der Waals surface area (Å²) in [6.07, 6.45) is 6.12. The summed E-state index contributed by atoms with van der Waals surface area (Å²) in [5.41, 5.74) is -0.0744. The van der Waals surface area contributed by atoms with E-state index in [1.165, 1.54) is 12.1 Å². The third kappa shape index (κ3) is 4.55. The van der Waals surface area contributed by atoms with Gasteiger partial charge in [0.2, 0.25) is 20.0 Å². The van der Waals surface area contributed by atoms with Gasteiger partial charge in [0.05, 0.1) is 16.8 Å². The van der Waals surface area contributed by atoms with Crippen molar-refractivity contribution < 1.29 is 21.9 Å². The summed E-state index contributed by atoms with van der Waals surface area (Å²) in [6.45, 7) is 7.83. The summed E-state index contributed by atoms with van der Waals surface area (Å²) in [5, 5.41) is 10.8. The van der Waals surface area contributed by atoms with E-state index in [0.29, 0.717) is 31.6 Å². The van der Waals surface area contributed by atoms with Crippen LogP contribution in [0, 0.1) is 16.7 Å². The smallest absolute Gasteiger partial charge is 0.240 e. The second-order valence-electron chi connectivity index (χ2n) is 10.6. The first-order valence-corrected chi connectivity index (χ1v) is 15.0. The number of benzene rings is 1. The highest BCUT2D eigenvalue weighted by Gasteiger charge is 2.65. The standard InChI is InChI=1S/C24H36N2O5S2/c1-4-17-9-11-19(12-10-17)33(30,31)26-21-8-6-5-7-20(21)25-32(28,29)16-24-14-13-18(15-22(24)27)23(24,2)3/h4,9-12,18,20-22,25-27H,1,5-8,13-16H2,2-3H3/t18-,20-,21-,22-,24-/m1/s1. The van der Waals surface area contributed by atoms with E-state index in [9.17, 15) is 21.9 Å². The Labute approximate surface area is 198 Å². The van der Waals surface area contributed by atoms with E-state index in [1.54, 1.807) is 18.2 Å². The first-order valence-electron chi connectivity index (χ1n) is 11.8. The molecular formula is C24H36N2O5S2. The topological polar surface area (TPSA) is 113 Å². The Morgan fingerprint density at radius 2 is 1.64 bits per heavy atom. The molecule has 0 aromatic heterocycles. The molecule has 0 unspecified atom stereocenters. The van der Waals surface area contributed by atoms with Crippen LogP contribution in [0.2, 0.25) is 0 Å². The van der Waals surface area contributed by atoms with Crippen LogP contribution in [0.15, 0.2) is 35.7 Å². The molecule has 0 radical (unpaired) electrons. The Kier molecular flexibility index (Phi) is 6.59. The molecule has 1 aromatic carbocycles. The van der Waals surface area contributed by atoms with E-state index in [-0.39, 0.29) is 16.1 Å². The predicted molar refractivity (Wildman–Crippen MR) is 129 cm³/mol. The lowest BCUT2D eigenvalue weighted by Crippen LogP contribution is -2.55. The number of aliphatic hydroxyl groups excluding tert-OH is 1. The van der Waals surface area contributed by atoms with E-state index in [2.05, 4.69) is 29.9 Å². The van der Waals surface area contributed by atoms with Gasteiger partial charge in [-0.3, -0.25) is 0 Å². The van der Waals surface area contributed by atoms with Crippen molar-refractivity contribution in [3.63, 3.8) is 0 Å². The molecule has 3 N–H and O–H groups in total. The van der Waals surface area contributed by atoms with Crippen molar-refractivity contribution in [2.24, 2.45) is 16.7 Å². The fourth-order valence-corrected chi connectivity index (χ4v) is 9.98. The van der Waals surface area contributed by atoms with Crippen LogP contribution in [-0.2, 0) is 20.0 Å². The molecule has 9 heteroatoms. The van der Waals surface area contributed by atoms with Crippen molar-refractivity contribution in [3.05, 3.63) is 36.4 Å². The quantitative estimate of drug-likeness (QED) is 0.512. The molecule has 3 aliphatic carbocycles. The molecule has 184 valence electrons. The molecule has 3 saturated carbocycles. The number of aliphatic hydroxyl groups is 1. The van der Waals surface area contributed by atoms with Gasteiger partial charge in [0.1, 0.15) is 0 Å². The zero-order valence-corrected chi connectivity index (χ0v) is 21.1. The minimum absolute atomic E-state index is 0.121. The largest absolute Gasteiger partial charge is 0.392 e. The molecule has 3 fully saturated rings. The maximum absolute atomic E-state index is 13.3. The third-order valence-corrected chi connectivity index (χ3v) is 11.7. The minimum atomic E-state index is -3.79. The van der Waals surface area contributed by atoms with E-state index in [4.69, 9.17) is 0 Å². The van der Waals surface area contributed by atoms with Gasteiger partial charge in [-0.25, -0.2) is 26.3 Å². The van der Waals surface area contributed by atoms with Crippen LogP contribution in [-0.4, -0.2) is 45.9 Å². The average molecular weight is 497 g/mol. The van der Waals surface area contributed by atoms with Gasteiger partial charge >= 0.3 is 0 Å². The molecule has 1 aromatic rings. The van der Waals surface area contributed by atoms with E-state index in [0.717, 1.165) is 24.8 Å². The summed E-state index contributed by atoms with van der Waals surface area (Å²) >= 11 is 0. The first-order chi connectivity index (χ1) is 15.4. The lowest BCUT2D eigenvalue weighted by molar-refractivity contribution is 0.0151. The second-order valence-corrected chi connectivity index (χ2v) is 14.1. The maximum atomic E-state index is 13.3. The number of fused-ring (bicyclic) bond motifs is 2. The van der Waals surface area contributed by atoms with Gasteiger partial charge in [-0.15, -0.1) is 0 Å². The Morgan fingerprint density at radius 1 is 1.03 bits per heavy atom. The van der Waals surface area contributed by atoms with Gasteiger partial charge in [0.15, 0.2) is 0 Å². The number of rotatable bonds is 8. The van der Waals surface area contributed by atoms with Gasteiger partial charge in [-0.2, -0.15) is 0 Å². The second kappa shape index (κ2) is 8.75. The van der Waals surface area contributed by atoms with Gasteiger partial charge < -0.3 is 5.11 Å². The fraction of sp³-hybridized carbons (Fsp3) is 0.667. The van der Waals surface area contributed by atoms with Crippen LogP contribution in [0.4, 0.5) is 0 Å². The van der Waals surface area contributed by atoms with Crippen LogP contribution < -0.4 is 9.44 Å². The van der Waals surface area contributed by atoms with E-state index >= 15 is 0 Å². The highest BCUT2D eigenvalue weighted by atomic mass is 32.2. The molecule has 7 nitrogen and oxygen atoms in total. The SMILES string of the molecule is C=Cc1ccc(S(=O)(=O)N[C@@H]2CCCC[C@H]2NS(=O)(=O)C[C@]23CC[C@H](C[C@H]2O)C3(C)C)cc1. The molecule has 0 spiro atoms. The van der Waals surface area contributed by atoms with Crippen LogP contribution in [0.25, 0.3) is 6.08 Å². The zero-order chi connectivity index (χ0) is 24.1. The van der Waals surface area contributed by atoms with Crippen molar-refractivity contribution in [2.75, 3.05) is 5.75 Å². The lowest BCUT2D eigenvalue weighted by Gasteiger charge is -2.41. The number of sulfonamides is 2. The van der Waals surface area contributed by atoms with Crippen LogP contribution >= 0.6 is 0 Å². The molecule has 33 heavy (non-hydrogen) atoms. The van der Waals surface area contributed by atoms with Crippen molar-refractivity contribution in [3.8, 4) is 0 Å². The van der Waals surface area contributed by atoms with Gasteiger partial charge in [0, 0.05) is 17.5 Å². The molecular weight excluding hydrogens is 460 g/mol. The molecule has 4 rings (SSSR count). The van der Waals surface area contributed by atoms with Gasteiger partial charge in [0.25, 0.3) is 0 Å². The fourth-order valence-electron chi connectivity index (χ4n) is 6.45. The van der Waals surface area contributed by atoms with Crippen molar-refractivity contribution >= 4 is 26.1 Å². The lowest BCUT2D eigenvalue weighted by atomic mass is 9.70. The Balaban J connectivity index is 1.50. The normalized spacial score (nSPS) is 33.8. The first kappa shape index (κ1) is 24.9. The van der Waals surface area contributed by atoms with Crippen molar-refractivity contribution in [2.45, 2.75) is 81.9 Å². The van der Waals surface area contributed by atoms with E-state index < -0.39 is 43.6 Å². The summed E-state index contributed by atoms with van der Waals surface area (Å²) in [4.78, 5) is 0.145. The van der Waals surface area contributed by atoms with Crippen LogP contribution in [0.3, 0.4) is 0 Å². The molecule has 0 amide bonds. The molecule has 2 bridgehead atoms.